The van der Waals surface area contributed by atoms with Gasteiger partial charge in [0.25, 0.3) is 5.79 Å². The fourth-order valence-corrected chi connectivity index (χ4v) is 2.58. The third-order valence-corrected chi connectivity index (χ3v) is 3.47. The Morgan fingerprint density at radius 2 is 1.42 bits per heavy atom. The highest BCUT2D eigenvalue weighted by molar-refractivity contribution is 6.12. The van der Waals surface area contributed by atoms with Gasteiger partial charge in [-0.2, -0.15) is 4.89 Å². The summed E-state index contributed by atoms with van der Waals surface area (Å²) in [6, 6.07) is 13.9. The molecule has 19 heavy (non-hydrogen) atoms. The Morgan fingerprint density at radius 1 is 0.947 bits per heavy atom. The van der Waals surface area contributed by atoms with Crippen molar-refractivity contribution in [2.75, 3.05) is 7.11 Å². The third-order valence-electron chi connectivity index (χ3n) is 3.47. The van der Waals surface area contributed by atoms with E-state index in [0.29, 0.717) is 22.3 Å². The minimum atomic E-state index is -1.46. The second-order valence-electron chi connectivity index (χ2n) is 4.33. The summed E-state index contributed by atoms with van der Waals surface area (Å²) in [4.78, 5) is 17.1. The first-order valence-electron chi connectivity index (χ1n) is 5.86. The maximum atomic E-state index is 12.4. The van der Waals surface area contributed by atoms with Gasteiger partial charge in [-0.15, -0.1) is 0 Å². The normalized spacial score (nSPS) is 15.8. The monoisotopic (exact) mass is 256 g/mol. The van der Waals surface area contributed by atoms with Crippen molar-refractivity contribution in [3.05, 3.63) is 70.8 Å². The van der Waals surface area contributed by atoms with E-state index in [-0.39, 0.29) is 5.78 Å². The zero-order valence-electron chi connectivity index (χ0n) is 10.3. The fourth-order valence-electron chi connectivity index (χ4n) is 2.58. The van der Waals surface area contributed by atoms with Gasteiger partial charge in [0.2, 0.25) is 0 Å². The summed E-state index contributed by atoms with van der Waals surface area (Å²) >= 11 is 0. The predicted octanol–water partition coefficient (Wildman–Crippen LogP) is 2.57. The highest BCUT2D eigenvalue weighted by atomic mass is 17.1. The van der Waals surface area contributed by atoms with E-state index in [1.807, 2.05) is 0 Å². The molecule has 1 N–H and O–H groups in total. The quantitative estimate of drug-likeness (QED) is 0.509. The Hall–Kier alpha value is -2.01. The molecule has 2 aromatic rings. The standard InChI is InChI=1S/C15H12O4/c1-18-15(19-17)12-8-4-2-6-10(12)14(16)11-7-3-5-9-13(11)15/h2-9,17H,1H3. The van der Waals surface area contributed by atoms with Gasteiger partial charge in [0.1, 0.15) is 0 Å². The molecule has 3 rings (SSSR count). The van der Waals surface area contributed by atoms with Gasteiger partial charge in [0.05, 0.1) is 0 Å². The fraction of sp³-hybridized carbons (Fsp3) is 0.133. The molecule has 0 radical (unpaired) electrons. The lowest BCUT2D eigenvalue weighted by atomic mass is 9.80. The second-order valence-corrected chi connectivity index (χ2v) is 4.33. The van der Waals surface area contributed by atoms with Crippen molar-refractivity contribution in [1.29, 1.82) is 0 Å². The zero-order chi connectivity index (χ0) is 13.5. The Labute approximate surface area is 110 Å². The van der Waals surface area contributed by atoms with Gasteiger partial charge in [-0.05, 0) is 0 Å². The van der Waals surface area contributed by atoms with E-state index in [1.54, 1.807) is 48.5 Å². The van der Waals surface area contributed by atoms with Gasteiger partial charge in [-0.1, -0.05) is 48.5 Å². The summed E-state index contributed by atoms with van der Waals surface area (Å²) in [5, 5.41) is 9.39. The molecule has 0 unspecified atom stereocenters. The average Bonchev–Trinajstić information content (AvgIpc) is 2.49. The van der Waals surface area contributed by atoms with Crippen molar-refractivity contribution in [2.45, 2.75) is 5.79 Å². The molecule has 0 bridgehead atoms. The summed E-state index contributed by atoms with van der Waals surface area (Å²) < 4.78 is 5.40. The molecule has 2 aromatic carbocycles. The average molecular weight is 256 g/mol. The van der Waals surface area contributed by atoms with Crippen molar-refractivity contribution in [3.63, 3.8) is 0 Å². The summed E-state index contributed by atoms with van der Waals surface area (Å²) in [6.07, 6.45) is 0. The molecule has 1 aliphatic rings. The molecule has 4 heteroatoms. The summed E-state index contributed by atoms with van der Waals surface area (Å²) in [5.41, 5.74) is 1.95. The first-order chi connectivity index (χ1) is 9.24. The van der Waals surface area contributed by atoms with Gasteiger partial charge in [-0.25, -0.2) is 5.26 Å². The van der Waals surface area contributed by atoms with Crippen molar-refractivity contribution in [1.82, 2.24) is 0 Å². The molecule has 96 valence electrons. The largest absolute Gasteiger partial charge is 0.344 e. The van der Waals surface area contributed by atoms with Gasteiger partial charge < -0.3 is 4.74 Å². The number of benzene rings is 2. The molecular formula is C15H12O4. The first-order valence-corrected chi connectivity index (χ1v) is 5.86. The third kappa shape index (κ3) is 1.48. The Morgan fingerprint density at radius 3 is 1.84 bits per heavy atom. The lowest BCUT2D eigenvalue weighted by Gasteiger charge is -2.35. The number of ketones is 1. The topological polar surface area (TPSA) is 55.8 Å². The number of carbonyl (C=O) groups is 1. The summed E-state index contributed by atoms with van der Waals surface area (Å²) in [6.45, 7) is 0. The van der Waals surface area contributed by atoms with Gasteiger partial charge >= 0.3 is 0 Å². The van der Waals surface area contributed by atoms with Gasteiger partial charge in [0.15, 0.2) is 5.78 Å². The van der Waals surface area contributed by atoms with Crippen LogP contribution in [-0.4, -0.2) is 18.2 Å². The predicted molar refractivity (Wildman–Crippen MR) is 67.8 cm³/mol. The van der Waals surface area contributed by atoms with Crippen LogP contribution in [0.5, 0.6) is 0 Å². The minimum Gasteiger partial charge on any atom is -0.344 e. The van der Waals surface area contributed by atoms with Crippen LogP contribution in [0.25, 0.3) is 0 Å². The maximum Gasteiger partial charge on any atom is 0.255 e. The molecule has 1 aliphatic carbocycles. The number of ether oxygens (including phenoxy) is 1. The minimum absolute atomic E-state index is 0.101. The van der Waals surface area contributed by atoms with Crippen LogP contribution in [0.15, 0.2) is 48.5 Å². The second kappa shape index (κ2) is 4.28. The lowest BCUT2D eigenvalue weighted by Crippen LogP contribution is -2.39. The molecule has 0 saturated heterocycles. The summed E-state index contributed by atoms with van der Waals surface area (Å²) in [7, 11) is 1.43. The number of fused-ring (bicyclic) bond motifs is 2. The molecule has 0 aliphatic heterocycles. The summed E-state index contributed by atoms with van der Waals surface area (Å²) in [5.74, 6) is -1.56. The number of hydrogen-bond donors (Lipinski definition) is 1. The van der Waals surface area contributed by atoms with Crippen LogP contribution in [0.1, 0.15) is 27.0 Å². The van der Waals surface area contributed by atoms with Crippen LogP contribution in [0.3, 0.4) is 0 Å². The van der Waals surface area contributed by atoms with E-state index in [2.05, 4.69) is 4.89 Å². The molecule has 0 aromatic heterocycles. The van der Waals surface area contributed by atoms with E-state index in [9.17, 15) is 10.1 Å². The SMILES string of the molecule is COC1(OO)c2ccccc2C(=O)c2ccccc21. The van der Waals surface area contributed by atoms with E-state index < -0.39 is 5.79 Å². The number of rotatable bonds is 2. The molecule has 4 nitrogen and oxygen atoms in total. The van der Waals surface area contributed by atoms with E-state index in [0.717, 1.165) is 0 Å². The van der Waals surface area contributed by atoms with Crippen LogP contribution in [0, 0.1) is 0 Å². The lowest BCUT2D eigenvalue weighted by molar-refractivity contribution is -0.390. The van der Waals surface area contributed by atoms with Gasteiger partial charge in [-0.3, -0.25) is 4.79 Å². The maximum absolute atomic E-state index is 12.4. The smallest absolute Gasteiger partial charge is 0.255 e. The van der Waals surface area contributed by atoms with Crippen LogP contribution >= 0.6 is 0 Å². The molecule has 0 amide bonds. The molecule has 0 fully saturated rings. The van der Waals surface area contributed by atoms with Gasteiger partial charge in [0, 0.05) is 29.4 Å². The molecule has 0 saturated carbocycles. The number of hydrogen-bond acceptors (Lipinski definition) is 4. The van der Waals surface area contributed by atoms with E-state index in [1.165, 1.54) is 7.11 Å². The molecule has 0 atom stereocenters. The Bertz CT molecular complexity index is 593. The molecular weight excluding hydrogens is 244 g/mol. The van der Waals surface area contributed by atoms with E-state index >= 15 is 0 Å². The Kier molecular flexibility index (Phi) is 2.71. The van der Waals surface area contributed by atoms with Crippen molar-refractivity contribution in [2.24, 2.45) is 0 Å². The number of methoxy groups -OCH3 is 1. The van der Waals surface area contributed by atoms with Crippen LogP contribution in [0.2, 0.25) is 0 Å². The van der Waals surface area contributed by atoms with E-state index in [4.69, 9.17) is 4.74 Å². The molecule has 0 heterocycles. The Balaban J connectivity index is 2.39. The highest BCUT2D eigenvalue weighted by Gasteiger charge is 2.45. The van der Waals surface area contributed by atoms with Crippen LogP contribution in [-0.2, 0) is 15.4 Å². The van der Waals surface area contributed by atoms with Crippen molar-refractivity contribution in [3.8, 4) is 0 Å². The van der Waals surface area contributed by atoms with Crippen LogP contribution in [0.4, 0.5) is 0 Å². The van der Waals surface area contributed by atoms with Crippen LogP contribution < -0.4 is 0 Å². The highest BCUT2D eigenvalue weighted by Crippen LogP contribution is 2.42. The van der Waals surface area contributed by atoms with Crippen molar-refractivity contribution < 1.29 is 19.7 Å². The van der Waals surface area contributed by atoms with Crippen molar-refractivity contribution >= 4 is 5.78 Å². The number of carbonyl (C=O) groups excluding carboxylic acids is 1. The first kappa shape index (κ1) is 12.0. The zero-order valence-corrected chi connectivity index (χ0v) is 10.3. The molecule has 0 spiro atoms.